The molecule has 0 spiro atoms. The molecule has 0 amide bonds. The van der Waals surface area contributed by atoms with Crippen LogP contribution < -0.4 is 16.0 Å². The fraction of sp³-hybridized carbons (Fsp3) is 0.667. The normalized spacial score (nSPS) is 17.8. The molecule has 1 aromatic rings. The second-order valence-corrected chi connectivity index (χ2v) is 6.50. The van der Waals surface area contributed by atoms with E-state index >= 15 is 0 Å². The van der Waals surface area contributed by atoms with Crippen molar-refractivity contribution in [1.82, 2.24) is 0 Å². The van der Waals surface area contributed by atoms with Crippen LogP contribution >= 0.6 is 0 Å². The van der Waals surface area contributed by atoms with E-state index in [0.717, 1.165) is 18.9 Å². The lowest BCUT2D eigenvalue weighted by atomic mass is 9.99. The third-order valence-electron chi connectivity index (χ3n) is 4.51. The first-order valence-electron chi connectivity index (χ1n) is 8.53. The Morgan fingerprint density at radius 1 is 1.24 bits per heavy atom. The van der Waals surface area contributed by atoms with E-state index in [4.69, 9.17) is 5.73 Å². The summed E-state index contributed by atoms with van der Waals surface area (Å²) in [5, 5.41) is 3.45. The summed E-state index contributed by atoms with van der Waals surface area (Å²) in [5.41, 5.74) is 8.62. The molecule has 0 radical (unpaired) electrons. The number of unbranched alkanes of at least 4 members (excludes halogenated alkanes) is 1. The summed E-state index contributed by atoms with van der Waals surface area (Å²) < 4.78 is 0. The van der Waals surface area contributed by atoms with E-state index in [1.807, 2.05) is 0 Å². The monoisotopic (exact) mass is 289 g/mol. The molecule has 3 N–H and O–H groups in total. The number of rotatable bonds is 7. The smallest absolute Gasteiger partial charge is 0.0367 e. The molecule has 0 aromatic heterocycles. The lowest BCUT2D eigenvalue weighted by Crippen LogP contribution is -2.32. The van der Waals surface area contributed by atoms with Gasteiger partial charge in [0, 0.05) is 37.1 Å². The van der Waals surface area contributed by atoms with Gasteiger partial charge in [0.05, 0.1) is 0 Å². The predicted octanol–water partition coefficient (Wildman–Crippen LogP) is 3.85. The summed E-state index contributed by atoms with van der Waals surface area (Å²) >= 11 is 0. The van der Waals surface area contributed by atoms with E-state index in [2.05, 4.69) is 48.3 Å². The molecule has 0 bridgehead atoms. The standard InChI is InChI=1S/C18H31N3/c1-3-4-5-16(19)14-20-17-6-8-18(9-7-17)21-12-10-15(2)11-13-21/h6-9,15-16,20H,3-5,10-14,19H2,1-2H3. The molecule has 1 fully saturated rings. The molecule has 1 aliphatic rings. The summed E-state index contributed by atoms with van der Waals surface area (Å²) in [6.07, 6.45) is 6.16. The number of nitrogens with one attached hydrogen (secondary N) is 1. The molecule has 1 heterocycles. The molecule has 0 saturated carbocycles. The molecule has 3 nitrogen and oxygen atoms in total. The second-order valence-electron chi connectivity index (χ2n) is 6.50. The second kappa shape index (κ2) is 8.28. The minimum atomic E-state index is 0.258. The number of benzene rings is 1. The average molecular weight is 289 g/mol. The van der Waals surface area contributed by atoms with Gasteiger partial charge in [-0.3, -0.25) is 0 Å². The van der Waals surface area contributed by atoms with Crippen molar-refractivity contribution in [3.63, 3.8) is 0 Å². The SMILES string of the molecule is CCCCC(N)CNc1ccc(N2CCC(C)CC2)cc1. The highest BCUT2D eigenvalue weighted by molar-refractivity contribution is 5.55. The van der Waals surface area contributed by atoms with Crippen molar-refractivity contribution >= 4 is 11.4 Å². The fourth-order valence-electron chi connectivity index (χ4n) is 2.87. The third kappa shape index (κ3) is 5.24. The van der Waals surface area contributed by atoms with Gasteiger partial charge in [0.15, 0.2) is 0 Å². The highest BCUT2D eigenvalue weighted by Crippen LogP contribution is 2.24. The van der Waals surface area contributed by atoms with Gasteiger partial charge in [-0.15, -0.1) is 0 Å². The van der Waals surface area contributed by atoms with E-state index < -0.39 is 0 Å². The molecule has 21 heavy (non-hydrogen) atoms. The van der Waals surface area contributed by atoms with Crippen molar-refractivity contribution < 1.29 is 0 Å². The van der Waals surface area contributed by atoms with Crippen LogP contribution in [0, 0.1) is 5.92 Å². The van der Waals surface area contributed by atoms with E-state index in [-0.39, 0.29) is 6.04 Å². The minimum Gasteiger partial charge on any atom is -0.383 e. The number of nitrogens with two attached hydrogens (primary N) is 1. The van der Waals surface area contributed by atoms with Crippen molar-refractivity contribution in [2.75, 3.05) is 29.9 Å². The Morgan fingerprint density at radius 2 is 1.90 bits per heavy atom. The van der Waals surface area contributed by atoms with Crippen molar-refractivity contribution in [2.24, 2.45) is 11.7 Å². The van der Waals surface area contributed by atoms with Crippen LogP contribution in [0.1, 0.15) is 46.0 Å². The molecule has 3 heteroatoms. The Labute approximate surface area is 129 Å². The van der Waals surface area contributed by atoms with Gasteiger partial charge in [-0.25, -0.2) is 0 Å². The number of hydrogen-bond donors (Lipinski definition) is 2. The quantitative estimate of drug-likeness (QED) is 0.801. The summed E-state index contributed by atoms with van der Waals surface area (Å²) in [5.74, 6) is 0.881. The summed E-state index contributed by atoms with van der Waals surface area (Å²) in [7, 11) is 0. The van der Waals surface area contributed by atoms with Crippen LogP contribution in [0.15, 0.2) is 24.3 Å². The molecule has 0 aliphatic carbocycles. The lowest BCUT2D eigenvalue weighted by molar-refractivity contribution is 0.438. The first-order chi connectivity index (χ1) is 10.2. The van der Waals surface area contributed by atoms with Crippen molar-refractivity contribution in [2.45, 2.75) is 52.0 Å². The summed E-state index contributed by atoms with van der Waals surface area (Å²) in [6, 6.07) is 9.08. The van der Waals surface area contributed by atoms with Crippen LogP contribution in [-0.2, 0) is 0 Å². The molecule has 1 aromatic carbocycles. The van der Waals surface area contributed by atoms with Crippen LogP contribution in [-0.4, -0.2) is 25.7 Å². The van der Waals surface area contributed by atoms with Crippen LogP contribution in [0.4, 0.5) is 11.4 Å². The first-order valence-corrected chi connectivity index (χ1v) is 8.53. The lowest BCUT2D eigenvalue weighted by Gasteiger charge is -2.32. The van der Waals surface area contributed by atoms with E-state index in [0.29, 0.717) is 0 Å². The Morgan fingerprint density at radius 3 is 2.52 bits per heavy atom. The van der Waals surface area contributed by atoms with Gasteiger partial charge >= 0.3 is 0 Å². The molecular formula is C18H31N3. The fourth-order valence-corrected chi connectivity index (χ4v) is 2.87. The molecule has 118 valence electrons. The Kier molecular flexibility index (Phi) is 6.37. The number of hydrogen-bond acceptors (Lipinski definition) is 3. The van der Waals surface area contributed by atoms with Gasteiger partial charge in [-0.1, -0.05) is 26.7 Å². The highest BCUT2D eigenvalue weighted by atomic mass is 15.1. The topological polar surface area (TPSA) is 41.3 Å². The van der Waals surface area contributed by atoms with Gasteiger partial charge in [0.2, 0.25) is 0 Å². The van der Waals surface area contributed by atoms with Crippen molar-refractivity contribution in [3.05, 3.63) is 24.3 Å². The number of piperidine rings is 1. The Hall–Kier alpha value is -1.22. The molecule has 1 aliphatic heterocycles. The van der Waals surface area contributed by atoms with Gasteiger partial charge in [0.25, 0.3) is 0 Å². The predicted molar refractivity (Wildman–Crippen MR) is 93.0 cm³/mol. The van der Waals surface area contributed by atoms with Crippen molar-refractivity contribution in [3.8, 4) is 0 Å². The number of nitrogens with zero attached hydrogens (tertiary/aromatic N) is 1. The summed E-state index contributed by atoms with van der Waals surface area (Å²) in [4.78, 5) is 2.50. The van der Waals surface area contributed by atoms with E-state index in [1.54, 1.807) is 0 Å². The molecule has 1 unspecified atom stereocenters. The largest absolute Gasteiger partial charge is 0.383 e. The zero-order valence-electron chi connectivity index (χ0n) is 13.6. The van der Waals surface area contributed by atoms with Gasteiger partial charge in [0.1, 0.15) is 0 Å². The van der Waals surface area contributed by atoms with Gasteiger partial charge < -0.3 is 16.0 Å². The van der Waals surface area contributed by atoms with E-state index in [1.165, 1.54) is 50.1 Å². The van der Waals surface area contributed by atoms with Crippen molar-refractivity contribution in [1.29, 1.82) is 0 Å². The molecular weight excluding hydrogens is 258 g/mol. The Balaban J connectivity index is 1.79. The van der Waals surface area contributed by atoms with Crippen LogP contribution in [0.5, 0.6) is 0 Å². The minimum absolute atomic E-state index is 0.258. The number of anilines is 2. The maximum Gasteiger partial charge on any atom is 0.0367 e. The maximum atomic E-state index is 6.10. The molecule has 2 rings (SSSR count). The van der Waals surface area contributed by atoms with Gasteiger partial charge in [-0.05, 0) is 49.4 Å². The maximum absolute atomic E-state index is 6.10. The average Bonchev–Trinajstić information content (AvgIpc) is 2.52. The first kappa shape index (κ1) is 16.2. The van der Waals surface area contributed by atoms with Crippen LogP contribution in [0.2, 0.25) is 0 Å². The molecule has 1 saturated heterocycles. The zero-order chi connectivity index (χ0) is 15.1. The highest BCUT2D eigenvalue weighted by Gasteiger charge is 2.15. The molecule has 1 atom stereocenters. The third-order valence-corrected chi connectivity index (χ3v) is 4.51. The summed E-state index contributed by atoms with van der Waals surface area (Å²) in [6.45, 7) is 7.80. The van der Waals surface area contributed by atoms with Crippen LogP contribution in [0.25, 0.3) is 0 Å². The van der Waals surface area contributed by atoms with Gasteiger partial charge in [-0.2, -0.15) is 0 Å². The van der Waals surface area contributed by atoms with Crippen LogP contribution in [0.3, 0.4) is 0 Å². The van der Waals surface area contributed by atoms with E-state index in [9.17, 15) is 0 Å². The zero-order valence-corrected chi connectivity index (χ0v) is 13.6. The Bertz CT molecular complexity index is 393.